The number of rotatable bonds is 5. The molecule has 1 amide bonds. The van der Waals surface area contributed by atoms with E-state index in [1.807, 2.05) is 11.2 Å². The molecule has 1 unspecified atom stereocenters. The molecule has 0 radical (unpaired) electrons. The van der Waals surface area contributed by atoms with Gasteiger partial charge in [-0.1, -0.05) is 5.92 Å². The zero-order valence-corrected chi connectivity index (χ0v) is 7.19. The predicted molar refractivity (Wildman–Crippen MR) is 45.3 cm³/mol. The summed E-state index contributed by atoms with van der Waals surface area (Å²) in [6.45, 7) is 0. The third kappa shape index (κ3) is 4.77. The van der Waals surface area contributed by atoms with E-state index in [4.69, 9.17) is 16.6 Å². The normalized spacial score (nSPS) is 11.1. The molecule has 0 bridgehead atoms. The van der Waals surface area contributed by atoms with E-state index >= 15 is 0 Å². The Labute approximate surface area is 79.9 Å². The van der Waals surface area contributed by atoms with Crippen LogP contribution in [0.3, 0.4) is 0 Å². The molecule has 0 fully saturated rings. The quantitative estimate of drug-likeness (QED) is 0.495. The van der Waals surface area contributed by atoms with Crippen molar-refractivity contribution >= 4 is 17.8 Å². The molecule has 0 aromatic carbocycles. The van der Waals surface area contributed by atoms with Crippen LogP contribution in [-0.4, -0.2) is 34.1 Å². The second-order valence-electron chi connectivity index (χ2n) is 2.44. The summed E-state index contributed by atoms with van der Waals surface area (Å²) in [5.74, 6) is -1.38. The lowest BCUT2D eigenvalue weighted by atomic mass is 10.2. The standard InChI is InChI=1S/C8H9NO5/c1-2-3-6(10)9-5(8(13)14)4-7(11)12/h1,5H,3-4H2,(H,9,10)(H,11,12)(H,13,14). The zero-order chi connectivity index (χ0) is 11.1. The number of terminal acetylenes is 1. The third-order valence-electron chi connectivity index (χ3n) is 1.27. The minimum atomic E-state index is -1.44. The van der Waals surface area contributed by atoms with Crippen molar-refractivity contribution in [2.75, 3.05) is 0 Å². The Balaban J connectivity index is 4.24. The van der Waals surface area contributed by atoms with E-state index in [1.54, 1.807) is 0 Å². The summed E-state index contributed by atoms with van der Waals surface area (Å²) in [7, 11) is 0. The second kappa shape index (κ2) is 5.59. The van der Waals surface area contributed by atoms with Gasteiger partial charge < -0.3 is 15.5 Å². The smallest absolute Gasteiger partial charge is 0.326 e. The van der Waals surface area contributed by atoms with Gasteiger partial charge in [0.1, 0.15) is 6.04 Å². The summed E-state index contributed by atoms with van der Waals surface area (Å²) in [5, 5.41) is 18.8. The Morgan fingerprint density at radius 2 is 1.93 bits per heavy atom. The van der Waals surface area contributed by atoms with Gasteiger partial charge in [0.15, 0.2) is 0 Å². The van der Waals surface area contributed by atoms with Crippen LogP contribution in [0, 0.1) is 12.3 Å². The first-order valence-electron chi connectivity index (χ1n) is 3.64. The summed E-state index contributed by atoms with van der Waals surface area (Å²) < 4.78 is 0. The molecule has 6 nitrogen and oxygen atoms in total. The fourth-order valence-corrected chi connectivity index (χ4v) is 0.713. The summed E-state index contributed by atoms with van der Waals surface area (Å²) in [6, 6.07) is -1.44. The molecule has 0 heterocycles. The number of hydrogen-bond acceptors (Lipinski definition) is 3. The first-order chi connectivity index (χ1) is 6.47. The molecule has 0 aromatic heterocycles. The van der Waals surface area contributed by atoms with Crippen LogP contribution in [0.1, 0.15) is 12.8 Å². The molecule has 0 saturated heterocycles. The highest BCUT2D eigenvalue weighted by atomic mass is 16.4. The molecule has 3 N–H and O–H groups in total. The number of hydrogen-bond donors (Lipinski definition) is 3. The Hall–Kier alpha value is -2.03. The predicted octanol–water partition coefficient (Wildman–Crippen LogP) is -0.946. The van der Waals surface area contributed by atoms with Gasteiger partial charge in [0.2, 0.25) is 5.91 Å². The zero-order valence-electron chi connectivity index (χ0n) is 7.19. The van der Waals surface area contributed by atoms with E-state index < -0.39 is 30.3 Å². The number of amides is 1. The number of carbonyl (C=O) groups excluding carboxylic acids is 1. The van der Waals surface area contributed by atoms with Gasteiger partial charge in [-0.05, 0) is 0 Å². The van der Waals surface area contributed by atoms with Gasteiger partial charge in [0.25, 0.3) is 0 Å². The van der Waals surface area contributed by atoms with Gasteiger partial charge in [0, 0.05) is 0 Å². The van der Waals surface area contributed by atoms with E-state index in [9.17, 15) is 14.4 Å². The number of carbonyl (C=O) groups is 3. The van der Waals surface area contributed by atoms with Gasteiger partial charge in [-0.25, -0.2) is 4.79 Å². The SMILES string of the molecule is C#CCC(=O)NC(CC(=O)O)C(=O)O. The van der Waals surface area contributed by atoms with Crippen LogP contribution in [0.5, 0.6) is 0 Å². The van der Waals surface area contributed by atoms with Crippen molar-refractivity contribution in [2.45, 2.75) is 18.9 Å². The van der Waals surface area contributed by atoms with Crippen molar-refractivity contribution in [3.05, 3.63) is 0 Å². The molecule has 1 atom stereocenters. The minimum Gasteiger partial charge on any atom is -0.481 e. The molecule has 0 saturated carbocycles. The van der Waals surface area contributed by atoms with E-state index in [-0.39, 0.29) is 6.42 Å². The molecule has 0 aliphatic heterocycles. The molecule has 76 valence electrons. The second-order valence-corrected chi connectivity index (χ2v) is 2.44. The average molecular weight is 199 g/mol. The lowest BCUT2D eigenvalue weighted by Crippen LogP contribution is -2.42. The van der Waals surface area contributed by atoms with Gasteiger partial charge in [-0.3, -0.25) is 9.59 Å². The lowest BCUT2D eigenvalue weighted by molar-refractivity contribution is -0.147. The van der Waals surface area contributed by atoms with Crippen LogP contribution in [0.15, 0.2) is 0 Å². The van der Waals surface area contributed by atoms with E-state index in [0.29, 0.717) is 0 Å². The molecule has 14 heavy (non-hydrogen) atoms. The van der Waals surface area contributed by atoms with Crippen LogP contribution in [0.2, 0.25) is 0 Å². The van der Waals surface area contributed by atoms with E-state index in [1.165, 1.54) is 0 Å². The topological polar surface area (TPSA) is 104 Å². The number of aliphatic carboxylic acids is 2. The molecule has 0 aliphatic carbocycles. The number of nitrogens with one attached hydrogen (secondary N) is 1. The van der Waals surface area contributed by atoms with Crippen LogP contribution >= 0.6 is 0 Å². The maximum absolute atomic E-state index is 10.8. The average Bonchev–Trinajstić information content (AvgIpc) is 2.02. The van der Waals surface area contributed by atoms with E-state index in [2.05, 4.69) is 0 Å². The van der Waals surface area contributed by atoms with Crippen molar-refractivity contribution in [2.24, 2.45) is 0 Å². The van der Waals surface area contributed by atoms with Gasteiger partial charge in [0.05, 0.1) is 12.8 Å². The van der Waals surface area contributed by atoms with Gasteiger partial charge >= 0.3 is 11.9 Å². The van der Waals surface area contributed by atoms with Crippen molar-refractivity contribution in [3.63, 3.8) is 0 Å². The first-order valence-corrected chi connectivity index (χ1v) is 3.64. The summed E-state index contributed by atoms with van der Waals surface area (Å²) >= 11 is 0. The number of carboxylic acids is 2. The van der Waals surface area contributed by atoms with Crippen LogP contribution in [0.25, 0.3) is 0 Å². The van der Waals surface area contributed by atoms with Crippen LogP contribution < -0.4 is 5.32 Å². The number of carboxylic acid groups (broad SMARTS) is 2. The largest absolute Gasteiger partial charge is 0.481 e. The molecule has 0 spiro atoms. The fraction of sp³-hybridized carbons (Fsp3) is 0.375. The Kier molecular flexibility index (Phi) is 4.78. The van der Waals surface area contributed by atoms with Crippen molar-refractivity contribution in [1.82, 2.24) is 5.32 Å². The van der Waals surface area contributed by atoms with Gasteiger partial charge in [-0.15, -0.1) is 6.42 Å². The summed E-state index contributed by atoms with van der Waals surface area (Å²) in [6.07, 6.45) is 3.86. The fourth-order valence-electron chi connectivity index (χ4n) is 0.713. The maximum atomic E-state index is 10.8. The highest BCUT2D eigenvalue weighted by molar-refractivity contribution is 5.87. The van der Waals surface area contributed by atoms with Crippen LogP contribution in [0.4, 0.5) is 0 Å². The summed E-state index contributed by atoms with van der Waals surface area (Å²) in [4.78, 5) is 31.5. The van der Waals surface area contributed by atoms with Crippen molar-refractivity contribution in [3.8, 4) is 12.3 Å². The summed E-state index contributed by atoms with van der Waals surface area (Å²) in [5.41, 5.74) is 0. The molecular weight excluding hydrogens is 190 g/mol. The molecular formula is C8H9NO5. The Morgan fingerprint density at radius 1 is 1.36 bits per heavy atom. The first kappa shape index (κ1) is 12.0. The highest BCUT2D eigenvalue weighted by Gasteiger charge is 2.22. The van der Waals surface area contributed by atoms with E-state index in [0.717, 1.165) is 0 Å². The third-order valence-corrected chi connectivity index (χ3v) is 1.27. The molecule has 0 rings (SSSR count). The molecule has 0 aromatic rings. The molecule has 0 aliphatic rings. The van der Waals surface area contributed by atoms with Crippen LogP contribution in [-0.2, 0) is 14.4 Å². The highest BCUT2D eigenvalue weighted by Crippen LogP contribution is 1.93. The monoisotopic (exact) mass is 199 g/mol. The Bertz CT molecular complexity index is 291. The minimum absolute atomic E-state index is 0.274. The van der Waals surface area contributed by atoms with Crippen molar-refractivity contribution in [1.29, 1.82) is 0 Å². The maximum Gasteiger partial charge on any atom is 0.326 e. The molecule has 6 heteroatoms. The van der Waals surface area contributed by atoms with Crippen molar-refractivity contribution < 1.29 is 24.6 Å². The van der Waals surface area contributed by atoms with Gasteiger partial charge in [-0.2, -0.15) is 0 Å². The Morgan fingerprint density at radius 3 is 2.29 bits per heavy atom. The lowest BCUT2D eigenvalue weighted by Gasteiger charge is -2.10.